The van der Waals surface area contributed by atoms with Crippen molar-refractivity contribution in [1.82, 2.24) is 35.6 Å². The Morgan fingerprint density at radius 1 is 0.907 bits per heavy atom. The maximum absolute atomic E-state index is 13.8. The van der Waals surface area contributed by atoms with Gasteiger partial charge in [-0.15, -0.1) is 5.10 Å². The van der Waals surface area contributed by atoms with Gasteiger partial charge in [0.25, 0.3) is 15.9 Å². The van der Waals surface area contributed by atoms with Gasteiger partial charge >= 0.3 is 6.09 Å². The number of amides is 1. The van der Waals surface area contributed by atoms with E-state index in [1.165, 1.54) is 44.7 Å². The summed E-state index contributed by atoms with van der Waals surface area (Å²) in [5.74, 6) is 1.54. The zero-order valence-corrected chi connectivity index (χ0v) is 29.2. The molecule has 3 N–H and O–H groups in total. The third kappa shape index (κ3) is 7.97. The molecule has 0 saturated carbocycles. The van der Waals surface area contributed by atoms with Crippen LogP contribution in [0.1, 0.15) is 0 Å². The van der Waals surface area contributed by atoms with E-state index in [-0.39, 0.29) is 59.7 Å². The minimum Gasteiger partial charge on any atom is -0.497 e. The standard InChI is InChI=1S/C34H29N9O10S/c1-47-22-8-10-23(11-9-22)54(45,46)41-32-29(53-27-6-4-3-5-25(27)48-2)33(38-30(37-32)20-13-14-35-24(17-20)31-39-42-43-40-31)49-15-16-50-34(44)36-21-7-12-26-28(18-21)52-19-51-26/h3-14,17-18H,15-16,19H2,1-2H3,(H,36,44)(H,37,38,41)(H,39,40,42,43). The number of tetrazole rings is 1. The molecule has 4 heterocycles. The number of aromatic amines is 1. The number of benzene rings is 3. The average Bonchev–Trinajstić information content (AvgIpc) is 3.91. The minimum atomic E-state index is -4.30. The van der Waals surface area contributed by atoms with Crippen LogP contribution in [0, 0.1) is 0 Å². The highest BCUT2D eigenvalue weighted by atomic mass is 32.2. The molecule has 7 rings (SSSR count). The van der Waals surface area contributed by atoms with Gasteiger partial charge in [0.1, 0.15) is 24.7 Å². The lowest BCUT2D eigenvalue weighted by Crippen LogP contribution is -2.19. The number of rotatable bonds is 14. The third-order valence-electron chi connectivity index (χ3n) is 7.50. The molecule has 0 unspecified atom stereocenters. The van der Waals surface area contributed by atoms with Crippen LogP contribution in [0.25, 0.3) is 22.9 Å². The van der Waals surface area contributed by atoms with E-state index in [0.29, 0.717) is 39.9 Å². The van der Waals surface area contributed by atoms with Gasteiger partial charge in [-0.1, -0.05) is 12.1 Å². The molecule has 6 aromatic rings. The molecule has 54 heavy (non-hydrogen) atoms. The minimum absolute atomic E-state index is 0.00222. The largest absolute Gasteiger partial charge is 0.497 e. The number of nitrogens with one attached hydrogen (secondary N) is 3. The second-order valence-electron chi connectivity index (χ2n) is 10.9. The van der Waals surface area contributed by atoms with Crippen LogP contribution in [0.15, 0.2) is 90.0 Å². The molecule has 0 fully saturated rings. The summed E-state index contributed by atoms with van der Waals surface area (Å²) in [5.41, 5.74) is 1.15. The number of methoxy groups -OCH3 is 2. The number of hydrogen-bond acceptors (Lipinski definition) is 16. The molecule has 1 aliphatic rings. The molecule has 0 radical (unpaired) electrons. The fourth-order valence-electron chi connectivity index (χ4n) is 4.94. The Morgan fingerprint density at radius 2 is 1.72 bits per heavy atom. The number of H-pyrrole nitrogens is 1. The molecule has 0 atom stereocenters. The van der Waals surface area contributed by atoms with Crippen molar-refractivity contribution >= 4 is 27.6 Å². The number of carbonyl (C=O) groups excluding carboxylic acids is 1. The first-order valence-corrected chi connectivity index (χ1v) is 17.3. The molecular formula is C34H29N9O10S. The van der Waals surface area contributed by atoms with Gasteiger partial charge in [0, 0.05) is 23.5 Å². The molecule has 19 nitrogen and oxygen atoms in total. The highest BCUT2D eigenvalue weighted by Crippen LogP contribution is 2.42. The first-order valence-electron chi connectivity index (χ1n) is 15.9. The van der Waals surface area contributed by atoms with E-state index in [2.05, 4.69) is 45.6 Å². The Balaban J connectivity index is 1.23. The normalized spacial score (nSPS) is 11.7. The molecule has 276 valence electrons. The topological polar surface area (TPSA) is 233 Å². The van der Waals surface area contributed by atoms with Gasteiger partial charge in [-0.05, 0) is 71.1 Å². The van der Waals surface area contributed by atoms with Crippen LogP contribution in [-0.4, -0.2) is 84.3 Å². The average molecular weight is 756 g/mol. The molecule has 0 spiro atoms. The molecular weight excluding hydrogens is 726 g/mol. The summed E-state index contributed by atoms with van der Waals surface area (Å²) in [6, 6.07) is 20.5. The highest BCUT2D eigenvalue weighted by molar-refractivity contribution is 7.92. The third-order valence-corrected chi connectivity index (χ3v) is 8.85. The van der Waals surface area contributed by atoms with E-state index in [4.69, 9.17) is 33.2 Å². The highest BCUT2D eigenvalue weighted by Gasteiger charge is 2.26. The summed E-state index contributed by atoms with van der Waals surface area (Å²) < 4.78 is 69.0. The van der Waals surface area contributed by atoms with Crippen LogP contribution in [0.2, 0.25) is 0 Å². The van der Waals surface area contributed by atoms with Crippen LogP contribution in [0.5, 0.6) is 40.4 Å². The Bertz CT molecular complexity index is 2380. The second kappa shape index (κ2) is 15.6. The van der Waals surface area contributed by atoms with Crippen molar-refractivity contribution in [2.75, 3.05) is 44.3 Å². The van der Waals surface area contributed by atoms with E-state index >= 15 is 0 Å². The summed E-state index contributed by atoms with van der Waals surface area (Å²) in [6.45, 7) is -0.419. The number of aromatic nitrogens is 7. The van der Waals surface area contributed by atoms with E-state index in [1.807, 2.05) is 0 Å². The van der Waals surface area contributed by atoms with Crippen molar-refractivity contribution in [3.8, 4) is 63.3 Å². The zero-order chi connectivity index (χ0) is 37.5. The quantitative estimate of drug-likeness (QED) is 0.128. The predicted octanol–water partition coefficient (Wildman–Crippen LogP) is 4.69. The molecule has 3 aromatic heterocycles. The van der Waals surface area contributed by atoms with Gasteiger partial charge in [-0.25, -0.2) is 23.3 Å². The maximum Gasteiger partial charge on any atom is 0.411 e. The number of nitrogens with zero attached hydrogens (tertiary/aromatic N) is 6. The maximum atomic E-state index is 13.8. The fourth-order valence-corrected chi connectivity index (χ4v) is 5.95. The Labute approximate surface area is 306 Å². The Hall–Kier alpha value is -7.22. The lowest BCUT2D eigenvalue weighted by molar-refractivity contribution is 0.135. The number of para-hydroxylation sites is 2. The van der Waals surface area contributed by atoms with Crippen LogP contribution >= 0.6 is 0 Å². The van der Waals surface area contributed by atoms with Gasteiger partial charge in [-0.3, -0.25) is 15.0 Å². The number of hydrogen-bond donors (Lipinski definition) is 3. The number of anilines is 2. The van der Waals surface area contributed by atoms with Crippen molar-refractivity contribution in [2.45, 2.75) is 4.90 Å². The van der Waals surface area contributed by atoms with E-state index in [9.17, 15) is 13.2 Å². The molecule has 20 heteroatoms. The molecule has 0 saturated heterocycles. The van der Waals surface area contributed by atoms with Gasteiger partial charge < -0.3 is 33.2 Å². The van der Waals surface area contributed by atoms with Crippen LogP contribution in [0.3, 0.4) is 0 Å². The first-order chi connectivity index (χ1) is 26.3. The van der Waals surface area contributed by atoms with Gasteiger partial charge in [0.15, 0.2) is 40.5 Å². The summed E-state index contributed by atoms with van der Waals surface area (Å²) in [4.78, 5) is 26.0. The molecule has 3 aromatic carbocycles. The summed E-state index contributed by atoms with van der Waals surface area (Å²) in [6.07, 6.45) is 0.704. The predicted molar refractivity (Wildman–Crippen MR) is 188 cm³/mol. The molecule has 0 bridgehead atoms. The number of carbonyl (C=O) groups is 1. The van der Waals surface area contributed by atoms with E-state index in [0.717, 1.165) is 0 Å². The van der Waals surface area contributed by atoms with Crippen molar-refractivity contribution in [3.05, 3.63) is 85.1 Å². The van der Waals surface area contributed by atoms with Crippen LogP contribution in [-0.2, 0) is 14.8 Å². The van der Waals surface area contributed by atoms with Gasteiger partial charge in [0.05, 0.1) is 19.1 Å². The van der Waals surface area contributed by atoms with Crippen molar-refractivity contribution in [3.63, 3.8) is 0 Å². The van der Waals surface area contributed by atoms with E-state index in [1.54, 1.807) is 54.6 Å². The number of pyridine rings is 1. The van der Waals surface area contributed by atoms with Crippen molar-refractivity contribution in [2.24, 2.45) is 0 Å². The fraction of sp³-hybridized carbons (Fsp3) is 0.147. The molecule has 0 aliphatic carbocycles. The Kier molecular flexibility index (Phi) is 10.1. The second-order valence-corrected chi connectivity index (χ2v) is 12.6. The zero-order valence-electron chi connectivity index (χ0n) is 28.4. The molecule has 1 aliphatic heterocycles. The smallest absolute Gasteiger partial charge is 0.411 e. The SMILES string of the molecule is COc1ccc(S(=O)(=O)Nc2nc(-c3ccnc(-c4nnn[nH]4)c3)nc(OCCOC(=O)Nc3ccc4c(c3)OCO4)c2Oc2ccccc2OC)cc1. The lowest BCUT2D eigenvalue weighted by atomic mass is 10.2. The number of sulfonamides is 1. The van der Waals surface area contributed by atoms with Crippen molar-refractivity contribution < 1.29 is 46.4 Å². The monoisotopic (exact) mass is 755 g/mol. The molecule has 1 amide bonds. The lowest BCUT2D eigenvalue weighted by Gasteiger charge is -2.18. The number of ether oxygens (including phenoxy) is 7. The summed E-state index contributed by atoms with van der Waals surface area (Å²) in [5, 5.41) is 16.3. The van der Waals surface area contributed by atoms with Crippen molar-refractivity contribution in [1.29, 1.82) is 0 Å². The van der Waals surface area contributed by atoms with Gasteiger partial charge in [0.2, 0.25) is 12.5 Å². The number of fused-ring (bicyclic) bond motifs is 1. The van der Waals surface area contributed by atoms with Crippen LogP contribution < -0.4 is 38.5 Å². The van der Waals surface area contributed by atoms with Gasteiger partial charge in [-0.2, -0.15) is 4.98 Å². The summed E-state index contributed by atoms with van der Waals surface area (Å²) in [7, 11) is -1.39. The Morgan fingerprint density at radius 3 is 2.50 bits per heavy atom. The van der Waals surface area contributed by atoms with E-state index < -0.39 is 16.1 Å². The van der Waals surface area contributed by atoms with Crippen LogP contribution in [0.4, 0.5) is 16.3 Å². The first kappa shape index (κ1) is 35.2. The summed E-state index contributed by atoms with van der Waals surface area (Å²) >= 11 is 0.